The van der Waals surface area contributed by atoms with Crippen LogP contribution >= 0.6 is 11.6 Å². The van der Waals surface area contributed by atoms with E-state index in [2.05, 4.69) is 10.5 Å². The monoisotopic (exact) mass is 310 g/mol. The van der Waals surface area contributed by atoms with Crippen LogP contribution in [0.5, 0.6) is 0 Å². The van der Waals surface area contributed by atoms with Gasteiger partial charge in [-0.05, 0) is 24.6 Å². The normalized spacial score (nSPS) is 10.2. The quantitative estimate of drug-likeness (QED) is 0.663. The van der Waals surface area contributed by atoms with Crippen molar-refractivity contribution in [3.8, 4) is 12.1 Å². The van der Waals surface area contributed by atoms with Crippen LogP contribution in [-0.4, -0.2) is 19.9 Å². The lowest BCUT2D eigenvalue weighted by Crippen LogP contribution is -2.09. The maximum absolute atomic E-state index is 12.1. The van der Waals surface area contributed by atoms with Gasteiger partial charge in [-0.1, -0.05) is 18.5 Å². The van der Waals surface area contributed by atoms with E-state index in [-0.39, 0.29) is 16.3 Å². The second-order valence-corrected chi connectivity index (χ2v) is 6.27. The standard InChI is InChI=1S/C12H11ClN4O2S/c1-2-5-20(18,19)12-4-3-9(13)6-11(12)17-16-10(7-14)8-15/h3-4,6,17H,2,5H2,1H3. The summed E-state index contributed by atoms with van der Waals surface area (Å²) >= 11 is 5.81. The van der Waals surface area contributed by atoms with Gasteiger partial charge in [0.15, 0.2) is 9.84 Å². The number of rotatable bonds is 5. The summed E-state index contributed by atoms with van der Waals surface area (Å²) in [4.78, 5) is 0.0303. The minimum Gasteiger partial charge on any atom is -0.275 e. The Morgan fingerprint density at radius 3 is 2.60 bits per heavy atom. The predicted octanol–water partition coefficient (Wildman–Crippen LogP) is 2.34. The molecule has 0 amide bonds. The van der Waals surface area contributed by atoms with E-state index in [1.807, 2.05) is 0 Å². The molecule has 1 aromatic carbocycles. The Morgan fingerprint density at radius 2 is 2.05 bits per heavy atom. The van der Waals surface area contributed by atoms with E-state index in [0.717, 1.165) is 0 Å². The van der Waals surface area contributed by atoms with Crippen molar-refractivity contribution < 1.29 is 8.42 Å². The van der Waals surface area contributed by atoms with E-state index in [1.54, 1.807) is 19.1 Å². The number of nitriles is 2. The van der Waals surface area contributed by atoms with Crippen LogP contribution in [0, 0.1) is 22.7 Å². The second-order valence-electron chi connectivity index (χ2n) is 3.76. The lowest BCUT2D eigenvalue weighted by Gasteiger charge is -2.09. The van der Waals surface area contributed by atoms with Crippen LogP contribution in [0.4, 0.5) is 5.69 Å². The van der Waals surface area contributed by atoms with Crippen molar-refractivity contribution in [3.05, 3.63) is 23.2 Å². The van der Waals surface area contributed by atoms with E-state index in [1.165, 1.54) is 18.2 Å². The van der Waals surface area contributed by atoms with Gasteiger partial charge in [0.05, 0.1) is 16.3 Å². The molecule has 0 aromatic heterocycles. The van der Waals surface area contributed by atoms with Gasteiger partial charge < -0.3 is 0 Å². The number of hydrogen-bond donors (Lipinski definition) is 1. The number of sulfone groups is 1. The van der Waals surface area contributed by atoms with Crippen molar-refractivity contribution in [1.82, 2.24) is 0 Å². The summed E-state index contributed by atoms with van der Waals surface area (Å²) in [5.74, 6) is -0.0175. The maximum atomic E-state index is 12.1. The highest BCUT2D eigenvalue weighted by atomic mass is 35.5. The number of benzene rings is 1. The van der Waals surface area contributed by atoms with E-state index in [4.69, 9.17) is 22.1 Å². The highest BCUT2D eigenvalue weighted by Gasteiger charge is 2.18. The van der Waals surface area contributed by atoms with Gasteiger partial charge in [-0.3, -0.25) is 5.43 Å². The van der Waals surface area contributed by atoms with Gasteiger partial charge in [0.25, 0.3) is 0 Å². The molecule has 8 heteroatoms. The van der Waals surface area contributed by atoms with Crippen molar-refractivity contribution in [2.75, 3.05) is 11.2 Å². The number of halogens is 1. The molecule has 0 saturated carbocycles. The van der Waals surface area contributed by atoms with E-state index in [0.29, 0.717) is 11.4 Å². The minimum absolute atomic E-state index is 0.0175. The molecule has 1 N–H and O–H groups in total. The lowest BCUT2D eigenvalue weighted by atomic mass is 10.3. The van der Waals surface area contributed by atoms with Gasteiger partial charge in [-0.2, -0.15) is 15.6 Å². The molecule has 6 nitrogen and oxygen atoms in total. The topological polar surface area (TPSA) is 106 Å². The summed E-state index contributed by atoms with van der Waals surface area (Å²) in [6.45, 7) is 1.75. The third-order valence-corrected chi connectivity index (χ3v) is 4.46. The van der Waals surface area contributed by atoms with Gasteiger partial charge in [0.1, 0.15) is 12.1 Å². The lowest BCUT2D eigenvalue weighted by molar-refractivity contribution is 0.595. The molecular formula is C12H11ClN4O2S. The van der Waals surface area contributed by atoms with Crippen molar-refractivity contribution >= 4 is 32.8 Å². The van der Waals surface area contributed by atoms with E-state index >= 15 is 0 Å². The van der Waals surface area contributed by atoms with Gasteiger partial charge in [-0.25, -0.2) is 8.42 Å². The van der Waals surface area contributed by atoms with E-state index < -0.39 is 15.5 Å². The zero-order valence-corrected chi connectivity index (χ0v) is 12.2. The Morgan fingerprint density at radius 1 is 1.40 bits per heavy atom. The van der Waals surface area contributed by atoms with Crippen LogP contribution in [0.25, 0.3) is 0 Å². The molecule has 104 valence electrons. The molecule has 0 aliphatic rings. The minimum atomic E-state index is -3.48. The molecule has 0 unspecified atom stereocenters. The van der Waals surface area contributed by atoms with Gasteiger partial charge in [0.2, 0.25) is 5.71 Å². The van der Waals surface area contributed by atoms with Crippen molar-refractivity contribution in [1.29, 1.82) is 10.5 Å². The molecule has 1 rings (SSSR count). The predicted molar refractivity (Wildman–Crippen MR) is 76.1 cm³/mol. The zero-order chi connectivity index (χ0) is 15.2. The molecule has 0 aliphatic carbocycles. The summed E-state index contributed by atoms with van der Waals surface area (Å²) in [6.07, 6.45) is 0.468. The van der Waals surface area contributed by atoms with Crippen molar-refractivity contribution in [2.45, 2.75) is 18.2 Å². The zero-order valence-electron chi connectivity index (χ0n) is 10.6. The molecule has 0 heterocycles. The van der Waals surface area contributed by atoms with Crippen LogP contribution < -0.4 is 5.43 Å². The Bertz CT molecular complexity index is 698. The number of anilines is 1. The smallest absolute Gasteiger partial charge is 0.237 e. The number of hydrogen-bond acceptors (Lipinski definition) is 6. The highest BCUT2D eigenvalue weighted by molar-refractivity contribution is 7.91. The molecule has 0 bridgehead atoms. The molecule has 1 aromatic rings. The SMILES string of the molecule is CCCS(=O)(=O)c1ccc(Cl)cc1NN=C(C#N)C#N. The van der Waals surface area contributed by atoms with Gasteiger partial charge >= 0.3 is 0 Å². The number of nitrogens with zero attached hydrogens (tertiary/aromatic N) is 3. The number of hydrazone groups is 1. The van der Waals surface area contributed by atoms with Crippen LogP contribution in [0.2, 0.25) is 5.02 Å². The van der Waals surface area contributed by atoms with Crippen LogP contribution in [0.3, 0.4) is 0 Å². The first kappa shape index (κ1) is 16.0. The Kier molecular flexibility index (Phi) is 5.51. The van der Waals surface area contributed by atoms with Crippen LogP contribution in [-0.2, 0) is 9.84 Å². The molecule has 0 saturated heterocycles. The van der Waals surface area contributed by atoms with Crippen LogP contribution in [0.15, 0.2) is 28.2 Å². The number of nitrogens with one attached hydrogen (secondary N) is 1. The highest BCUT2D eigenvalue weighted by Crippen LogP contribution is 2.26. The maximum Gasteiger partial charge on any atom is 0.237 e. The Labute approximate surface area is 122 Å². The van der Waals surface area contributed by atoms with Crippen LogP contribution in [0.1, 0.15) is 13.3 Å². The largest absolute Gasteiger partial charge is 0.275 e. The van der Waals surface area contributed by atoms with Gasteiger partial charge in [-0.15, -0.1) is 0 Å². The average Bonchev–Trinajstić information content (AvgIpc) is 2.39. The van der Waals surface area contributed by atoms with Gasteiger partial charge in [0, 0.05) is 5.02 Å². The summed E-state index contributed by atoms with van der Waals surface area (Å²) in [6, 6.07) is 7.32. The summed E-state index contributed by atoms with van der Waals surface area (Å²) < 4.78 is 24.2. The van der Waals surface area contributed by atoms with Crippen molar-refractivity contribution in [2.24, 2.45) is 5.10 Å². The molecule has 0 radical (unpaired) electrons. The fraction of sp³-hybridized carbons (Fsp3) is 0.250. The third kappa shape index (κ3) is 3.95. The first-order chi connectivity index (χ1) is 9.44. The summed E-state index contributed by atoms with van der Waals surface area (Å²) in [7, 11) is -3.48. The average molecular weight is 311 g/mol. The molecular weight excluding hydrogens is 300 g/mol. The molecule has 0 atom stereocenters. The Hall–Kier alpha value is -2.09. The van der Waals surface area contributed by atoms with E-state index in [9.17, 15) is 8.42 Å². The molecule has 0 spiro atoms. The van der Waals surface area contributed by atoms with Crippen molar-refractivity contribution in [3.63, 3.8) is 0 Å². The fourth-order valence-corrected chi connectivity index (χ4v) is 3.08. The fourth-order valence-electron chi connectivity index (χ4n) is 1.43. The Balaban J connectivity index is 3.27. The molecule has 0 fully saturated rings. The molecule has 0 aliphatic heterocycles. The molecule has 20 heavy (non-hydrogen) atoms. The first-order valence-electron chi connectivity index (χ1n) is 5.60. The summed E-state index contributed by atoms with van der Waals surface area (Å²) in [5.41, 5.74) is 2.12. The third-order valence-electron chi connectivity index (χ3n) is 2.25. The first-order valence-corrected chi connectivity index (χ1v) is 7.63. The second kappa shape index (κ2) is 6.90. The summed E-state index contributed by atoms with van der Waals surface area (Å²) in [5, 5.41) is 21.0.